The number of nitrogens with zero attached hydrogens (tertiary/aromatic N) is 2. The summed E-state index contributed by atoms with van der Waals surface area (Å²) in [5.74, 6) is 0.266. The predicted octanol–water partition coefficient (Wildman–Crippen LogP) is 0.455. The summed E-state index contributed by atoms with van der Waals surface area (Å²) in [6, 6.07) is 0.257. The Morgan fingerprint density at radius 3 is 2.33 bits per heavy atom. The van der Waals surface area contributed by atoms with E-state index in [1.54, 1.807) is 6.92 Å². The number of hydrogen-bond donors (Lipinski definition) is 1. The quantitative estimate of drug-likeness (QED) is 0.776. The summed E-state index contributed by atoms with van der Waals surface area (Å²) in [6.45, 7) is 9.77. The summed E-state index contributed by atoms with van der Waals surface area (Å²) in [7, 11) is 0. The lowest BCUT2D eigenvalue weighted by molar-refractivity contribution is -0.131. The molecule has 1 rings (SSSR count). The Hall–Kier alpha value is -1.10. The Labute approximate surface area is 110 Å². The van der Waals surface area contributed by atoms with E-state index in [9.17, 15) is 9.59 Å². The molecule has 0 saturated carbocycles. The van der Waals surface area contributed by atoms with Crippen molar-refractivity contribution in [1.29, 1.82) is 0 Å². The van der Waals surface area contributed by atoms with Crippen LogP contribution in [-0.2, 0) is 9.59 Å². The molecule has 0 aromatic heterocycles. The topological polar surface area (TPSA) is 52.7 Å². The molecule has 5 heteroatoms. The van der Waals surface area contributed by atoms with E-state index in [0.717, 1.165) is 39.1 Å². The lowest BCUT2D eigenvalue weighted by Crippen LogP contribution is -2.48. The largest absolute Gasteiger partial charge is 0.354 e. The molecule has 1 atom stereocenters. The summed E-state index contributed by atoms with van der Waals surface area (Å²) in [4.78, 5) is 26.9. The minimum absolute atomic E-state index is 0.123. The SMILES string of the molecule is CCC(C)NC(=O)CCN1CCN(C(C)=O)CC1. The van der Waals surface area contributed by atoms with Gasteiger partial charge in [0.05, 0.1) is 0 Å². The number of rotatable bonds is 5. The molecule has 1 N–H and O–H groups in total. The minimum Gasteiger partial charge on any atom is -0.354 e. The summed E-state index contributed by atoms with van der Waals surface area (Å²) in [6.07, 6.45) is 1.51. The molecule has 0 bridgehead atoms. The smallest absolute Gasteiger partial charge is 0.221 e. The first-order valence-electron chi connectivity index (χ1n) is 6.80. The van der Waals surface area contributed by atoms with Gasteiger partial charge < -0.3 is 10.2 Å². The van der Waals surface area contributed by atoms with E-state index in [1.165, 1.54) is 0 Å². The number of carbonyl (C=O) groups excluding carboxylic acids is 2. The van der Waals surface area contributed by atoms with Crippen molar-refractivity contribution in [2.24, 2.45) is 0 Å². The molecular weight excluding hydrogens is 230 g/mol. The number of piperazine rings is 1. The summed E-state index contributed by atoms with van der Waals surface area (Å²) < 4.78 is 0. The van der Waals surface area contributed by atoms with E-state index in [0.29, 0.717) is 6.42 Å². The summed E-state index contributed by atoms with van der Waals surface area (Å²) in [5.41, 5.74) is 0. The first-order chi connectivity index (χ1) is 8.52. The molecule has 2 amide bonds. The fourth-order valence-electron chi connectivity index (χ4n) is 2.00. The maximum absolute atomic E-state index is 11.6. The van der Waals surface area contributed by atoms with Gasteiger partial charge in [-0.1, -0.05) is 6.92 Å². The molecule has 18 heavy (non-hydrogen) atoms. The van der Waals surface area contributed by atoms with Crippen LogP contribution in [0.5, 0.6) is 0 Å². The zero-order valence-corrected chi connectivity index (χ0v) is 11.7. The van der Waals surface area contributed by atoms with Crippen LogP contribution in [0.2, 0.25) is 0 Å². The lowest BCUT2D eigenvalue weighted by Gasteiger charge is -2.34. The Kier molecular flexibility index (Phi) is 6.12. The van der Waals surface area contributed by atoms with E-state index < -0.39 is 0 Å². The van der Waals surface area contributed by atoms with Gasteiger partial charge in [-0.15, -0.1) is 0 Å². The van der Waals surface area contributed by atoms with Crippen molar-refractivity contribution in [3.8, 4) is 0 Å². The van der Waals surface area contributed by atoms with Gasteiger partial charge in [-0.25, -0.2) is 0 Å². The normalized spacial score (nSPS) is 18.5. The molecule has 0 aromatic rings. The summed E-state index contributed by atoms with van der Waals surface area (Å²) in [5, 5.41) is 2.97. The fourth-order valence-corrected chi connectivity index (χ4v) is 2.00. The van der Waals surface area contributed by atoms with Crippen LogP contribution in [0, 0.1) is 0 Å². The van der Waals surface area contributed by atoms with Crippen molar-refractivity contribution in [2.75, 3.05) is 32.7 Å². The maximum Gasteiger partial charge on any atom is 0.221 e. The zero-order valence-electron chi connectivity index (χ0n) is 11.7. The first kappa shape index (κ1) is 15.0. The lowest BCUT2D eigenvalue weighted by atomic mass is 10.2. The van der Waals surface area contributed by atoms with Crippen LogP contribution in [0.1, 0.15) is 33.6 Å². The van der Waals surface area contributed by atoms with Crippen molar-refractivity contribution in [3.63, 3.8) is 0 Å². The Balaban J connectivity index is 2.18. The van der Waals surface area contributed by atoms with Crippen molar-refractivity contribution in [1.82, 2.24) is 15.1 Å². The van der Waals surface area contributed by atoms with E-state index >= 15 is 0 Å². The van der Waals surface area contributed by atoms with Gasteiger partial charge >= 0.3 is 0 Å². The minimum atomic E-state index is 0.123. The highest BCUT2D eigenvalue weighted by Gasteiger charge is 2.18. The first-order valence-corrected chi connectivity index (χ1v) is 6.80. The fraction of sp³-hybridized carbons (Fsp3) is 0.846. The van der Waals surface area contributed by atoms with E-state index in [-0.39, 0.29) is 17.9 Å². The molecule has 0 spiro atoms. The molecule has 1 saturated heterocycles. The van der Waals surface area contributed by atoms with E-state index in [2.05, 4.69) is 17.1 Å². The monoisotopic (exact) mass is 255 g/mol. The highest BCUT2D eigenvalue weighted by atomic mass is 16.2. The average molecular weight is 255 g/mol. The highest BCUT2D eigenvalue weighted by Crippen LogP contribution is 2.03. The third-order valence-corrected chi connectivity index (χ3v) is 3.49. The molecule has 1 aliphatic rings. The molecule has 5 nitrogen and oxygen atoms in total. The Bertz CT molecular complexity index is 286. The van der Waals surface area contributed by atoms with Gasteiger partial charge in [0.1, 0.15) is 0 Å². The molecule has 104 valence electrons. The molecule has 0 aliphatic carbocycles. The van der Waals surface area contributed by atoms with Gasteiger partial charge in [0.2, 0.25) is 11.8 Å². The van der Waals surface area contributed by atoms with Crippen LogP contribution in [-0.4, -0.2) is 60.4 Å². The standard InChI is InChI=1S/C13H25N3O2/c1-4-11(2)14-13(18)5-6-15-7-9-16(10-8-15)12(3)17/h11H,4-10H2,1-3H3,(H,14,18). The second kappa shape index (κ2) is 7.36. The Morgan fingerprint density at radius 1 is 1.22 bits per heavy atom. The van der Waals surface area contributed by atoms with Crippen LogP contribution >= 0.6 is 0 Å². The van der Waals surface area contributed by atoms with Crippen LogP contribution < -0.4 is 5.32 Å². The Morgan fingerprint density at radius 2 is 1.83 bits per heavy atom. The highest BCUT2D eigenvalue weighted by molar-refractivity contribution is 5.76. The molecule has 1 aliphatic heterocycles. The van der Waals surface area contributed by atoms with Gasteiger partial charge in [-0.3, -0.25) is 14.5 Å². The van der Waals surface area contributed by atoms with Crippen molar-refractivity contribution < 1.29 is 9.59 Å². The molecule has 0 radical (unpaired) electrons. The maximum atomic E-state index is 11.6. The second-order valence-corrected chi connectivity index (χ2v) is 4.97. The number of carbonyl (C=O) groups is 2. The van der Waals surface area contributed by atoms with Gasteiger partial charge in [-0.2, -0.15) is 0 Å². The molecule has 0 aromatic carbocycles. The molecule has 1 heterocycles. The zero-order chi connectivity index (χ0) is 13.5. The summed E-state index contributed by atoms with van der Waals surface area (Å²) >= 11 is 0. The van der Waals surface area contributed by atoms with Crippen LogP contribution in [0.4, 0.5) is 0 Å². The third-order valence-electron chi connectivity index (χ3n) is 3.49. The van der Waals surface area contributed by atoms with E-state index in [4.69, 9.17) is 0 Å². The van der Waals surface area contributed by atoms with Gasteiger partial charge in [0, 0.05) is 52.1 Å². The molecule has 1 fully saturated rings. The molecular formula is C13H25N3O2. The average Bonchev–Trinajstić information content (AvgIpc) is 2.36. The van der Waals surface area contributed by atoms with Gasteiger partial charge in [-0.05, 0) is 13.3 Å². The van der Waals surface area contributed by atoms with Crippen molar-refractivity contribution in [2.45, 2.75) is 39.7 Å². The predicted molar refractivity (Wildman–Crippen MR) is 71.2 cm³/mol. The van der Waals surface area contributed by atoms with Crippen molar-refractivity contribution in [3.05, 3.63) is 0 Å². The number of nitrogens with one attached hydrogen (secondary N) is 1. The van der Waals surface area contributed by atoms with Gasteiger partial charge in [0.15, 0.2) is 0 Å². The van der Waals surface area contributed by atoms with Crippen LogP contribution in [0.25, 0.3) is 0 Å². The number of hydrogen-bond acceptors (Lipinski definition) is 3. The number of amides is 2. The van der Waals surface area contributed by atoms with Gasteiger partial charge in [0.25, 0.3) is 0 Å². The van der Waals surface area contributed by atoms with E-state index in [1.807, 2.05) is 11.8 Å². The third kappa shape index (κ3) is 5.04. The van der Waals surface area contributed by atoms with Crippen LogP contribution in [0.15, 0.2) is 0 Å². The molecule has 1 unspecified atom stereocenters. The van der Waals surface area contributed by atoms with Crippen molar-refractivity contribution >= 4 is 11.8 Å². The van der Waals surface area contributed by atoms with Crippen LogP contribution in [0.3, 0.4) is 0 Å². The second-order valence-electron chi connectivity index (χ2n) is 4.97.